The van der Waals surface area contributed by atoms with Gasteiger partial charge in [0, 0.05) is 30.6 Å². The molecule has 0 spiro atoms. The van der Waals surface area contributed by atoms with E-state index in [1.807, 2.05) is 26.8 Å². The molecule has 1 amide bonds. The SMILES string of the molecule is C=CN(CC(=C)N1CCC1)C(=O)C(/C=C(\C)c1ccc(C)cc1)=C(C)C. The van der Waals surface area contributed by atoms with Gasteiger partial charge in [0.05, 0.1) is 6.54 Å². The van der Waals surface area contributed by atoms with Crippen molar-refractivity contribution in [3.63, 3.8) is 0 Å². The molecule has 1 aliphatic rings. The maximum Gasteiger partial charge on any atom is 0.258 e. The zero-order chi connectivity index (χ0) is 19.3. The standard InChI is InChI=1S/C23H30N2O/c1-7-24(16-20(6)25-13-8-14-25)23(26)22(17(2)3)15-19(5)21-11-9-18(4)10-12-21/h7,9-12,15H,1,6,8,13-14,16H2,2-5H3/b19-15+. The van der Waals surface area contributed by atoms with Crippen LogP contribution in [0.2, 0.25) is 0 Å². The summed E-state index contributed by atoms with van der Waals surface area (Å²) < 4.78 is 0. The van der Waals surface area contributed by atoms with E-state index in [9.17, 15) is 4.79 Å². The third-order valence-electron chi connectivity index (χ3n) is 4.77. The van der Waals surface area contributed by atoms with Crippen molar-refractivity contribution in [2.45, 2.75) is 34.1 Å². The molecule has 1 fully saturated rings. The first kappa shape index (κ1) is 19.8. The van der Waals surface area contributed by atoms with E-state index in [0.717, 1.165) is 35.5 Å². The predicted octanol–water partition coefficient (Wildman–Crippen LogP) is 4.93. The molecule has 0 bridgehead atoms. The van der Waals surface area contributed by atoms with Crippen LogP contribution in [0.1, 0.15) is 38.3 Å². The van der Waals surface area contributed by atoms with Gasteiger partial charge in [0.1, 0.15) is 0 Å². The fourth-order valence-corrected chi connectivity index (χ4v) is 2.84. The van der Waals surface area contributed by atoms with Crippen molar-refractivity contribution in [2.24, 2.45) is 0 Å². The molecule has 26 heavy (non-hydrogen) atoms. The zero-order valence-corrected chi connectivity index (χ0v) is 16.5. The number of likely N-dealkylation sites (tertiary alicyclic amines) is 1. The Labute approximate surface area is 158 Å². The van der Waals surface area contributed by atoms with Crippen molar-refractivity contribution in [3.05, 3.63) is 77.7 Å². The number of amides is 1. The number of hydrogen-bond donors (Lipinski definition) is 0. The van der Waals surface area contributed by atoms with Gasteiger partial charge in [-0.3, -0.25) is 4.79 Å². The van der Waals surface area contributed by atoms with E-state index in [4.69, 9.17) is 0 Å². The van der Waals surface area contributed by atoms with E-state index >= 15 is 0 Å². The highest BCUT2D eigenvalue weighted by atomic mass is 16.2. The van der Waals surface area contributed by atoms with Gasteiger partial charge in [0.2, 0.25) is 0 Å². The molecular weight excluding hydrogens is 320 g/mol. The first-order chi connectivity index (χ1) is 12.3. The second-order valence-corrected chi connectivity index (χ2v) is 7.13. The van der Waals surface area contributed by atoms with Crippen molar-refractivity contribution in [3.8, 4) is 0 Å². The molecule has 3 nitrogen and oxygen atoms in total. The summed E-state index contributed by atoms with van der Waals surface area (Å²) >= 11 is 0. The maximum atomic E-state index is 13.1. The molecule has 1 aromatic rings. The Morgan fingerprint density at radius 3 is 2.27 bits per heavy atom. The van der Waals surface area contributed by atoms with Gasteiger partial charge in [0.25, 0.3) is 5.91 Å². The highest BCUT2D eigenvalue weighted by Gasteiger charge is 2.21. The molecule has 0 N–H and O–H groups in total. The summed E-state index contributed by atoms with van der Waals surface area (Å²) in [5, 5.41) is 0. The minimum atomic E-state index is -0.0341. The Bertz CT molecular complexity index is 745. The molecule has 0 radical (unpaired) electrons. The van der Waals surface area contributed by atoms with Gasteiger partial charge in [-0.1, -0.05) is 48.6 Å². The number of aryl methyl sites for hydroxylation is 1. The van der Waals surface area contributed by atoms with Crippen LogP contribution in [0.3, 0.4) is 0 Å². The molecule has 1 aliphatic heterocycles. The lowest BCUT2D eigenvalue weighted by atomic mass is 10.0. The summed E-state index contributed by atoms with van der Waals surface area (Å²) in [6.07, 6.45) is 4.77. The maximum absolute atomic E-state index is 13.1. The van der Waals surface area contributed by atoms with E-state index < -0.39 is 0 Å². The lowest BCUT2D eigenvalue weighted by Crippen LogP contribution is -2.40. The van der Waals surface area contributed by atoms with E-state index in [1.54, 1.807) is 11.1 Å². The first-order valence-electron chi connectivity index (χ1n) is 9.12. The van der Waals surface area contributed by atoms with E-state index in [1.165, 1.54) is 12.0 Å². The molecule has 0 saturated carbocycles. The summed E-state index contributed by atoms with van der Waals surface area (Å²) in [4.78, 5) is 17.0. The minimum Gasteiger partial charge on any atom is -0.374 e. The molecule has 0 aromatic heterocycles. The largest absolute Gasteiger partial charge is 0.374 e. The van der Waals surface area contributed by atoms with E-state index in [2.05, 4.69) is 49.2 Å². The van der Waals surface area contributed by atoms with E-state index in [0.29, 0.717) is 12.1 Å². The third-order valence-corrected chi connectivity index (χ3v) is 4.77. The van der Waals surface area contributed by atoms with Gasteiger partial charge in [-0.25, -0.2) is 0 Å². The second kappa shape index (κ2) is 8.70. The van der Waals surface area contributed by atoms with Crippen LogP contribution >= 0.6 is 0 Å². The summed E-state index contributed by atoms with van der Waals surface area (Å²) in [6.45, 7) is 18.5. The molecule has 1 aromatic carbocycles. The summed E-state index contributed by atoms with van der Waals surface area (Å²) in [6, 6.07) is 8.35. The van der Waals surface area contributed by atoms with Crippen LogP contribution in [0.25, 0.3) is 5.57 Å². The van der Waals surface area contributed by atoms with Crippen molar-refractivity contribution < 1.29 is 4.79 Å². The van der Waals surface area contributed by atoms with Crippen LogP contribution in [0.5, 0.6) is 0 Å². The van der Waals surface area contributed by atoms with E-state index in [-0.39, 0.29) is 5.91 Å². The zero-order valence-electron chi connectivity index (χ0n) is 16.5. The van der Waals surface area contributed by atoms with Crippen LogP contribution in [0.4, 0.5) is 0 Å². The molecule has 0 aliphatic carbocycles. The molecule has 1 saturated heterocycles. The van der Waals surface area contributed by atoms with Gasteiger partial charge < -0.3 is 9.80 Å². The quantitative estimate of drug-likeness (QED) is 0.514. The summed E-state index contributed by atoms with van der Waals surface area (Å²) in [7, 11) is 0. The van der Waals surface area contributed by atoms with Crippen LogP contribution in [-0.2, 0) is 4.79 Å². The highest BCUT2D eigenvalue weighted by Crippen LogP contribution is 2.21. The number of allylic oxidation sites excluding steroid dienone is 2. The summed E-state index contributed by atoms with van der Waals surface area (Å²) in [5.74, 6) is -0.0341. The molecular formula is C23H30N2O. The van der Waals surface area contributed by atoms with Gasteiger partial charge in [-0.05, 0) is 51.3 Å². The first-order valence-corrected chi connectivity index (χ1v) is 9.12. The number of benzene rings is 1. The van der Waals surface area contributed by atoms with Gasteiger partial charge in [-0.2, -0.15) is 0 Å². The van der Waals surface area contributed by atoms with Crippen molar-refractivity contribution >= 4 is 11.5 Å². The Morgan fingerprint density at radius 1 is 1.19 bits per heavy atom. The number of hydrogen-bond acceptors (Lipinski definition) is 2. The van der Waals surface area contributed by atoms with Crippen LogP contribution in [0.15, 0.2) is 66.5 Å². The molecule has 0 atom stereocenters. The normalized spacial score (nSPS) is 13.7. The molecule has 2 rings (SSSR count). The number of nitrogens with zero attached hydrogens (tertiary/aromatic N) is 2. The lowest BCUT2D eigenvalue weighted by molar-refractivity contribution is -0.124. The van der Waals surface area contributed by atoms with Gasteiger partial charge >= 0.3 is 0 Å². The monoisotopic (exact) mass is 350 g/mol. The minimum absolute atomic E-state index is 0.0341. The Kier molecular flexibility index (Phi) is 6.62. The Balaban J connectivity index is 2.21. The average Bonchev–Trinajstić information content (AvgIpc) is 2.55. The third kappa shape index (κ3) is 4.75. The lowest BCUT2D eigenvalue weighted by Gasteiger charge is -2.36. The second-order valence-electron chi connectivity index (χ2n) is 7.13. The Hall–Kier alpha value is -2.55. The smallest absolute Gasteiger partial charge is 0.258 e. The molecule has 1 heterocycles. The van der Waals surface area contributed by atoms with Gasteiger partial charge in [-0.15, -0.1) is 0 Å². The summed E-state index contributed by atoms with van der Waals surface area (Å²) in [5.41, 5.74) is 6.08. The predicted molar refractivity (Wildman–Crippen MR) is 110 cm³/mol. The topological polar surface area (TPSA) is 23.6 Å². The van der Waals surface area contributed by atoms with Crippen molar-refractivity contribution in [1.82, 2.24) is 9.80 Å². The molecule has 138 valence electrons. The Morgan fingerprint density at radius 2 is 1.81 bits per heavy atom. The molecule has 3 heteroatoms. The molecule has 0 unspecified atom stereocenters. The number of carbonyl (C=O) groups excluding carboxylic acids is 1. The van der Waals surface area contributed by atoms with Crippen molar-refractivity contribution in [2.75, 3.05) is 19.6 Å². The van der Waals surface area contributed by atoms with Crippen LogP contribution < -0.4 is 0 Å². The number of carbonyl (C=O) groups is 1. The highest BCUT2D eigenvalue weighted by molar-refractivity contribution is 5.99. The van der Waals surface area contributed by atoms with Gasteiger partial charge in [0.15, 0.2) is 0 Å². The van der Waals surface area contributed by atoms with Crippen LogP contribution in [0, 0.1) is 6.92 Å². The van der Waals surface area contributed by atoms with Crippen LogP contribution in [-0.4, -0.2) is 35.3 Å². The fraction of sp³-hybridized carbons (Fsp3) is 0.348. The number of rotatable bonds is 7. The average molecular weight is 351 g/mol. The fourth-order valence-electron chi connectivity index (χ4n) is 2.84. The van der Waals surface area contributed by atoms with Crippen molar-refractivity contribution in [1.29, 1.82) is 0 Å².